The van der Waals surface area contributed by atoms with Gasteiger partial charge >= 0.3 is 5.97 Å². The van der Waals surface area contributed by atoms with Crippen molar-refractivity contribution >= 4 is 27.6 Å². The number of methoxy groups -OCH3 is 2. The number of hydrogen-bond acceptors (Lipinski definition) is 6. The molecule has 1 N–H and O–H groups in total. The summed E-state index contributed by atoms with van der Waals surface area (Å²) in [4.78, 5) is 23.7. The third kappa shape index (κ3) is 5.69. The summed E-state index contributed by atoms with van der Waals surface area (Å²) in [6.07, 6.45) is 0. The number of rotatable bonds is 9. The minimum atomic E-state index is -4.10. The molecular weight excluding hydrogens is 444 g/mol. The highest BCUT2D eigenvalue weighted by Gasteiger charge is 2.28. The molecule has 0 unspecified atom stereocenters. The number of nitrogens with zero attached hydrogens (tertiary/aromatic N) is 1. The summed E-state index contributed by atoms with van der Waals surface area (Å²) in [5.74, 6) is -0.814. The molecule has 8 nitrogen and oxygen atoms in total. The highest BCUT2D eigenvalue weighted by molar-refractivity contribution is 7.92. The lowest BCUT2D eigenvalue weighted by molar-refractivity contribution is -0.139. The van der Waals surface area contributed by atoms with Crippen molar-refractivity contribution in [2.24, 2.45) is 0 Å². The lowest BCUT2D eigenvalue weighted by Gasteiger charge is -2.26. The van der Waals surface area contributed by atoms with Crippen molar-refractivity contribution in [1.29, 1.82) is 0 Å². The van der Waals surface area contributed by atoms with Crippen LogP contribution in [0, 0.1) is 0 Å². The van der Waals surface area contributed by atoms with Gasteiger partial charge in [-0.25, -0.2) is 8.42 Å². The number of carbonyl (C=O) groups excluding carboxylic acids is 2. The molecule has 0 aliphatic rings. The van der Waals surface area contributed by atoms with Gasteiger partial charge in [0.2, 0.25) is 0 Å². The number of benzene rings is 3. The van der Waals surface area contributed by atoms with Gasteiger partial charge in [0.1, 0.15) is 12.3 Å². The maximum absolute atomic E-state index is 13.8. The van der Waals surface area contributed by atoms with Gasteiger partial charge in [-0.2, -0.15) is 0 Å². The fraction of sp³-hybridized carbons (Fsp3) is 0.167. The third-order valence-corrected chi connectivity index (χ3v) is 6.58. The maximum Gasteiger partial charge on any atom is 0.325 e. The van der Waals surface area contributed by atoms with E-state index in [1.54, 1.807) is 24.3 Å². The first kappa shape index (κ1) is 23.8. The van der Waals surface area contributed by atoms with E-state index in [1.807, 2.05) is 30.3 Å². The minimum absolute atomic E-state index is 0.0578. The molecule has 0 aliphatic heterocycles. The predicted molar refractivity (Wildman–Crippen MR) is 124 cm³/mol. The average molecular weight is 469 g/mol. The summed E-state index contributed by atoms with van der Waals surface area (Å²) in [5, 5.41) is 2.41. The number of hydrogen-bond donors (Lipinski definition) is 1. The summed E-state index contributed by atoms with van der Waals surface area (Å²) < 4.78 is 38.7. The smallest absolute Gasteiger partial charge is 0.325 e. The Balaban J connectivity index is 2.01. The molecule has 9 heteroatoms. The summed E-state index contributed by atoms with van der Waals surface area (Å²) in [6, 6.07) is 21.6. The summed E-state index contributed by atoms with van der Waals surface area (Å²) in [7, 11) is -1.42. The first-order chi connectivity index (χ1) is 15.9. The van der Waals surface area contributed by atoms with Crippen LogP contribution >= 0.6 is 0 Å². The number of carbonyl (C=O) groups is 2. The summed E-state index contributed by atoms with van der Waals surface area (Å²) >= 11 is 0. The van der Waals surface area contributed by atoms with Crippen LogP contribution in [-0.2, 0) is 26.1 Å². The Bertz CT molecular complexity index is 1230. The Kier molecular flexibility index (Phi) is 7.68. The van der Waals surface area contributed by atoms with Crippen molar-refractivity contribution in [3.8, 4) is 5.75 Å². The van der Waals surface area contributed by atoms with E-state index >= 15 is 0 Å². The van der Waals surface area contributed by atoms with Gasteiger partial charge in [-0.15, -0.1) is 0 Å². The fourth-order valence-corrected chi connectivity index (χ4v) is 4.65. The van der Waals surface area contributed by atoms with Crippen molar-refractivity contribution in [3.63, 3.8) is 0 Å². The number of para-hydroxylation sites is 2. The topological polar surface area (TPSA) is 102 Å². The number of sulfonamides is 1. The minimum Gasteiger partial charge on any atom is -0.495 e. The van der Waals surface area contributed by atoms with Crippen LogP contribution in [0.3, 0.4) is 0 Å². The van der Waals surface area contributed by atoms with E-state index in [4.69, 9.17) is 4.74 Å². The molecule has 0 radical (unpaired) electrons. The van der Waals surface area contributed by atoms with E-state index in [9.17, 15) is 18.0 Å². The van der Waals surface area contributed by atoms with Crippen molar-refractivity contribution < 1.29 is 27.5 Å². The zero-order valence-corrected chi connectivity index (χ0v) is 19.0. The van der Waals surface area contributed by atoms with E-state index in [2.05, 4.69) is 10.1 Å². The Morgan fingerprint density at radius 3 is 2.30 bits per heavy atom. The molecule has 1 amide bonds. The quantitative estimate of drug-likeness (QED) is 0.485. The molecule has 33 heavy (non-hydrogen) atoms. The number of ether oxygens (including phenoxy) is 2. The van der Waals surface area contributed by atoms with Gasteiger partial charge in [-0.05, 0) is 35.9 Å². The van der Waals surface area contributed by atoms with Gasteiger partial charge in [0.25, 0.3) is 15.9 Å². The van der Waals surface area contributed by atoms with Crippen molar-refractivity contribution in [2.75, 3.05) is 25.1 Å². The zero-order valence-electron chi connectivity index (χ0n) is 18.2. The molecule has 0 heterocycles. The molecule has 0 fully saturated rings. The van der Waals surface area contributed by atoms with Crippen LogP contribution in [0.1, 0.15) is 15.9 Å². The van der Waals surface area contributed by atoms with Crippen LogP contribution in [-0.4, -0.2) is 41.1 Å². The fourth-order valence-electron chi connectivity index (χ4n) is 3.14. The highest BCUT2D eigenvalue weighted by atomic mass is 32.2. The average Bonchev–Trinajstić information content (AvgIpc) is 2.86. The number of nitrogens with one attached hydrogen (secondary N) is 1. The molecule has 0 aromatic heterocycles. The second-order valence-electron chi connectivity index (χ2n) is 6.96. The van der Waals surface area contributed by atoms with Gasteiger partial charge in [0.05, 0.1) is 31.3 Å². The van der Waals surface area contributed by atoms with E-state index < -0.39 is 21.9 Å². The van der Waals surface area contributed by atoms with Crippen molar-refractivity contribution in [3.05, 3.63) is 90.0 Å². The predicted octanol–water partition coefficient (Wildman–Crippen LogP) is 2.99. The molecule has 0 bridgehead atoms. The number of esters is 1. The molecule has 0 spiro atoms. The molecule has 3 aromatic carbocycles. The number of anilines is 1. The highest BCUT2D eigenvalue weighted by Crippen LogP contribution is 2.33. The molecule has 0 saturated heterocycles. The summed E-state index contributed by atoms with van der Waals surface area (Å²) in [5.41, 5.74) is 1.24. The molecular formula is C24H24N2O6S. The van der Waals surface area contributed by atoms with Crippen LogP contribution in [0.5, 0.6) is 5.75 Å². The van der Waals surface area contributed by atoms with Crippen molar-refractivity contribution in [2.45, 2.75) is 11.4 Å². The first-order valence-corrected chi connectivity index (χ1v) is 11.5. The van der Waals surface area contributed by atoms with Crippen LogP contribution in [0.25, 0.3) is 0 Å². The van der Waals surface area contributed by atoms with Crippen molar-refractivity contribution in [1.82, 2.24) is 5.32 Å². The van der Waals surface area contributed by atoms with Gasteiger partial charge in [-0.1, -0.05) is 48.5 Å². The molecule has 172 valence electrons. The van der Waals surface area contributed by atoms with E-state index in [0.29, 0.717) is 11.4 Å². The summed E-state index contributed by atoms with van der Waals surface area (Å²) in [6.45, 7) is -0.268. The molecule has 3 aromatic rings. The van der Waals surface area contributed by atoms with Crippen LogP contribution in [0.2, 0.25) is 0 Å². The van der Waals surface area contributed by atoms with E-state index in [1.165, 1.54) is 42.8 Å². The van der Waals surface area contributed by atoms with E-state index in [-0.39, 0.29) is 23.5 Å². The molecule has 3 rings (SSSR count). The van der Waals surface area contributed by atoms with Gasteiger partial charge in [0.15, 0.2) is 0 Å². The van der Waals surface area contributed by atoms with E-state index in [0.717, 1.165) is 5.56 Å². The lowest BCUT2D eigenvalue weighted by Crippen LogP contribution is -2.32. The molecule has 0 atom stereocenters. The monoisotopic (exact) mass is 468 g/mol. The third-order valence-electron chi connectivity index (χ3n) is 4.83. The maximum atomic E-state index is 13.8. The number of amides is 1. The second kappa shape index (κ2) is 10.6. The Morgan fingerprint density at radius 2 is 1.61 bits per heavy atom. The Morgan fingerprint density at radius 1 is 0.909 bits per heavy atom. The lowest BCUT2D eigenvalue weighted by atomic mass is 10.2. The van der Waals surface area contributed by atoms with Crippen LogP contribution < -0.4 is 14.4 Å². The Labute approximate surface area is 192 Å². The SMILES string of the molecule is COC(=O)CNC(=O)c1cccc(S(=O)(=O)N(Cc2ccccc2)c2ccccc2OC)c1. The van der Waals surface area contributed by atoms with Gasteiger partial charge < -0.3 is 14.8 Å². The Hall–Kier alpha value is -3.85. The first-order valence-electron chi connectivity index (χ1n) is 10.0. The van der Waals surface area contributed by atoms with Gasteiger partial charge in [0, 0.05) is 5.56 Å². The molecule has 0 aliphatic carbocycles. The normalized spacial score (nSPS) is 10.8. The largest absolute Gasteiger partial charge is 0.495 e. The van der Waals surface area contributed by atoms with Gasteiger partial charge in [-0.3, -0.25) is 13.9 Å². The van der Waals surface area contributed by atoms with Crippen LogP contribution in [0.4, 0.5) is 5.69 Å². The molecule has 0 saturated carbocycles. The standard InChI is InChI=1S/C24H24N2O6S/c1-31-22-14-7-6-13-21(22)26(17-18-9-4-3-5-10-18)33(29,30)20-12-8-11-19(15-20)24(28)25-16-23(27)32-2/h3-15H,16-17H2,1-2H3,(H,25,28). The van der Waals surface area contributed by atoms with Crippen LogP contribution in [0.15, 0.2) is 83.8 Å². The zero-order chi connectivity index (χ0) is 23.8. The second-order valence-corrected chi connectivity index (χ2v) is 8.82.